The van der Waals surface area contributed by atoms with E-state index in [1.807, 2.05) is 6.08 Å². The Hall–Kier alpha value is -1.05. The summed E-state index contributed by atoms with van der Waals surface area (Å²) >= 11 is 0. The SMILES string of the molecule is CC(C)CCC/C(=C/O)[C@H]1CC[C@H]2[C@@H]3CCC4=CC(=O)CC[C@]4(C)[C@H]3CC[C@]12C. The third-order valence-corrected chi connectivity index (χ3v) is 9.82. The lowest BCUT2D eigenvalue weighted by Gasteiger charge is -2.58. The van der Waals surface area contributed by atoms with E-state index in [1.165, 1.54) is 62.4 Å². The maximum absolute atomic E-state index is 12.0. The third-order valence-electron chi connectivity index (χ3n) is 9.82. The Kier molecular flexibility index (Phi) is 5.77. The van der Waals surface area contributed by atoms with Crippen molar-refractivity contribution in [2.75, 3.05) is 0 Å². The van der Waals surface area contributed by atoms with Crippen molar-refractivity contribution in [3.05, 3.63) is 23.5 Å². The Morgan fingerprint density at radius 1 is 1.14 bits per heavy atom. The first-order valence-electron chi connectivity index (χ1n) is 12.4. The number of allylic oxidation sites excluding steroid dienone is 2. The minimum absolute atomic E-state index is 0.267. The Morgan fingerprint density at radius 2 is 1.93 bits per heavy atom. The molecule has 4 rings (SSSR count). The van der Waals surface area contributed by atoms with Gasteiger partial charge in [0, 0.05) is 6.42 Å². The van der Waals surface area contributed by atoms with Crippen molar-refractivity contribution in [3.8, 4) is 0 Å². The second kappa shape index (κ2) is 7.89. The van der Waals surface area contributed by atoms with Crippen LogP contribution in [0.5, 0.6) is 0 Å². The average molecular weight is 399 g/mol. The van der Waals surface area contributed by atoms with Crippen LogP contribution in [0.3, 0.4) is 0 Å². The predicted molar refractivity (Wildman–Crippen MR) is 120 cm³/mol. The van der Waals surface area contributed by atoms with Crippen LogP contribution in [0.1, 0.15) is 98.3 Å². The van der Waals surface area contributed by atoms with Gasteiger partial charge in [-0.15, -0.1) is 0 Å². The molecule has 3 saturated carbocycles. The van der Waals surface area contributed by atoms with Gasteiger partial charge in [0.1, 0.15) is 0 Å². The number of carbonyl (C=O) groups is 1. The minimum atomic E-state index is 0.267. The van der Waals surface area contributed by atoms with Crippen molar-refractivity contribution in [2.45, 2.75) is 98.3 Å². The van der Waals surface area contributed by atoms with Crippen LogP contribution >= 0.6 is 0 Å². The van der Waals surface area contributed by atoms with Crippen molar-refractivity contribution in [1.82, 2.24) is 0 Å². The second-order valence-corrected chi connectivity index (χ2v) is 11.6. The van der Waals surface area contributed by atoms with Crippen LogP contribution in [-0.2, 0) is 4.79 Å². The average Bonchev–Trinajstić information content (AvgIpc) is 3.03. The molecular weight excluding hydrogens is 356 g/mol. The van der Waals surface area contributed by atoms with E-state index in [9.17, 15) is 9.90 Å². The molecule has 0 aromatic rings. The zero-order chi connectivity index (χ0) is 20.8. The van der Waals surface area contributed by atoms with Gasteiger partial charge < -0.3 is 5.11 Å². The zero-order valence-corrected chi connectivity index (χ0v) is 19.2. The monoisotopic (exact) mass is 398 g/mol. The van der Waals surface area contributed by atoms with E-state index < -0.39 is 0 Å². The summed E-state index contributed by atoms with van der Waals surface area (Å²) in [5.41, 5.74) is 3.43. The molecule has 0 radical (unpaired) electrons. The fourth-order valence-corrected chi connectivity index (χ4v) is 8.21. The number of hydrogen-bond acceptors (Lipinski definition) is 2. The number of rotatable bonds is 5. The van der Waals surface area contributed by atoms with Crippen LogP contribution < -0.4 is 0 Å². The number of fused-ring (bicyclic) bond motifs is 5. The topological polar surface area (TPSA) is 37.3 Å². The predicted octanol–water partition coefficient (Wildman–Crippen LogP) is 7.40. The number of aliphatic hydroxyl groups excluding tert-OH is 1. The first kappa shape index (κ1) is 21.2. The molecule has 1 N–H and O–H groups in total. The molecule has 4 aliphatic carbocycles. The maximum Gasteiger partial charge on any atom is 0.155 e. The van der Waals surface area contributed by atoms with Crippen molar-refractivity contribution < 1.29 is 9.90 Å². The summed E-state index contributed by atoms with van der Waals surface area (Å²) < 4.78 is 0. The summed E-state index contributed by atoms with van der Waals surface area (Å²) in [5, 5.41) is 10.1. The van der Waals surface area contributed by atoms with Gasteiger partial charge in [0.25, 0.3) is 0 Å². The number of ketones is 1. The summed E-state index contributed by atoms with van der Waals surface area (Å²) in [5.74, 6) is 4.03. The molecule has 0 amide bonds. The van der Waals surface area contributed by atoms with Crippen molar-refractivity contribution in [3.63, 3.8) is 0 Å². The summed E-state index contributed by atoms with van der Waals surface area (Å²) in [6.07, 6.45) is 16.5. The molecule has 0 heterocycles. The van der Waals surface area contributed by atoms with Crippen LogP contribution in [0.25, 0.3) is 0 Å². The second-order valence-electron chi connectivity index (χ2n) is 11.6. The largest absolute Gasteiger partial charge is 0.516 e. The smallest absolute Gasteiger partial charge is 0.155 e. The van der Waals surface area contributed by atoms with Crippen LogP contribution in [0, 0.1) is 40.4 Å². The van der Waals surface area contributed by atoms with E-state index in [-0.39, 0.29) is 5.41 Å². The highest BCUT2D eigenvalue weighted by molar-refractivity contribution is 5.91. The highest BCUT2D eigenvalue weighted by Gasteiger charge is 2.59. The molecule has 0 saturated heterocycles. The molecule has 3 fully saturated rings. The van der Waals surface area contributed by atoms with Gasteiger partial charge in [-0.3, -0.25) is 4.79 Å². The fourth-order valence-electron chi connectivity index (χ4n) is 8.21. The molecule has 162 valence electrons. The normalized spacial score (nSPS) is 42.3. The molecule has 0 spiro atoms. The molecule has 2 heteroatoms. The molecule has 6 atom stereocenters. The van der Waals surface area contributed by atoms with Gasteiger partial charge in [-0.2, -0.15) is 0 Å². The van der Waals surface area contributed by atoms with Crippen LogP contribution in [0.2, 0.25) is 0 Å². The van der Waals surface area contributed by atoms with Gasteiger partial charge in [-0.05, 0) is 110 Å². The van der Waals surface area contributed by atoms with Gasteiger partial charge in [0.15, 0.2) is 5.78 Å². The summed E-state index contributed by atoms with van der Waals surface area (Å²) in [4.78, 5) is 12.0. The van der Waals surface area contributed by atoms with E-state index in [1.54, 1.807) is 0 Å². The van der Waals surface area contributed by atoms with E-state index in [4.69, 9.17) is 0 Å². The van der Waals surface area contributed by atoms with Crippen molar-refractivity contribution in [1.29, 1.82) is 0 Å². The van der Waals surface area contributed by atoms with Gasteiger partial charge in [0.05, 0.1) is 6.26 Å². The molecule has 0 aliphatic heterocycles. The van der Waals surface area contributed by atoms with Gasteiger partial charge in [-0.1, -0.05) is 39.7 Å². The molecule has 0 aromatic carbocycles. The van der Waals surface area contributed by atoms with Crippen LogP contribution in [0.15, 0.2) is 23.5 Å². The summed E-state index contributed by atoms with van der Waals surface area (Å²) in [6.45, 7) is 9.61. The molecule has 0 bridgehead atoms. The Bertz CT molecular complexity index is 701. The lowest BCUT2D eigenvalue weighted by Crippen LogP contribution is -2.50. The highest BCUT2D eigenvalue weighted by atomic mass is 16.2. The first-order valence-corrected chi connectivity index (χ1v) is 12.4. The first-order chi connectivity index (χ1) is 13.8. The molecule has 4 aliphatic rings. The van der Waals surface area contributed by atoms with Crippen molar-refractivity contribution >= 4 is 5.78 Å². The van der Waals surface area contributed by atoms with E-state index in [0.29, 0.717) is 17.1 Å². The Balaban J connectivity index is 1.53. The highest BCUT2D eigenvalue weighted by Crippen LogP contribution is 2.67. The number of hydrogen-bond donors (Lipinski definition) is 1. The summed E-state index contributed by atoms with van der Waals surface area (Å²) in [7, 11) is 0. The van der Waals surface area contributed by atoms with Crippen molar-refractivity contribution in [2.24, 2.45) is 40.4 Å². The summed E-state index contributed by atoms with van der Waals surface area (Å²) in [6, 6.07) is 0. The zero-order valence-electron chi connectivity index (χ0n) is 19.2. The molecule has 0 unspecified atom stereocenters. The van der Waals surface area contributed by atoms with Gasteiger partial charge >= 0.3 is 0 Å². The fraction of sp³-hybridized carbons (Fsp3) is 0.815. The minimum Gasteiger partial charge on any atom is -0.516 e. The van der Waals surface area contributed by atoms with Crippen LogP contribution in [0.4, 0.5) is 0 Å². The van der Waals surface area contributed by atoms with E-state index in [2.05, 4.69) is 27.7 Å². The number of aliphatic hydroxyl groups is 1. The van der Waals surface area contributed by atoms with Gasteiger partial charge in [0.2, 0.25) is 0 Å². The standard InChI is InChI=1S/C27H42O2/c1-18(2)6-5-7-19(17-28)23-10-11-24-22-9-8-20-16-21(29)12-14-26(20,3)25(22)13-15-27(23,24)4/h16-18,22-25,28H,5-15H2,1-4H3/b19-17-/t22-,23+,24-,25-,26-,27+/m0/s1. The van der Waals surface area contributed by atoms with Crippen LogP contribution in [-0.4, -0.2) is 10.9 Å². The quantitative estimate of drug-likeness (QED) is 0.490. The van der Waals surface area contributed by atoms with E-state index >= 15 is 0 Å². The molecular formula is C27H42O2. The molecule has 2 nitrogen and oxygen atoms in total. The Morgan fingerprint density at radius 3 is 2.66 bits per heavy atom. The Labute approximate surface area is 178 Å². The lowest BCUT2D eigenvalue weighted by molar-refractivity contribution is -0.117. The lowest BCUT2D eigenvalue weighted by atomic mass is 9.46. The van der Waals surface area contributed by atoms with Gasteiger partial charge in [-0.25, -0.2) is 0 Å². The van der Waals surface area contributed by atoms with E-state index in [0.717, 1.165) is 49.4 Å². The maximum atomic E-state index is 12.0. The molecule has 29 heavy (non-hydrogen) atoms. The number of carbonyl (C=O) groups excluding carboxylic acids is 1. The third kappa shape index (κ3) is 3.53. The molecule has 0 aromatic heterocycles.